The van der Waals surface area contributed by atoms with Gasteiger partial charge in [0.1, 0.15) is 5.75 Å². The predicted octanol–water partition coefficient (Wildman–Crippen LogP) is 5.72. The quantitative estimate of drug-likeness (QED) is 0.313. The number of hydrogen-bond donors (Lipinski definition) is 1. The van der Waals surface area contributed by atoms with Gasteiger partial charge in [-0.1, -0.05) is 79.4 Å². The van der Waals surface area contributed by atoms with Gasteiger partial charge in [-0.25, -0.2) is 0 Å². The molecule has 0 bridgehead atoms. The Hall–Kier alpha value is -5.04. The third-order valence-corrected chi connectivity index (χ3v) is 9.69. The van der Waals surface area contributed by atoms with Crippen molar-refractivity contribution in [3.8, 4) is 5.75 Å². The van der Waals surface area contributed by atoms with Crippen molar-refractivity contribution in [1.29, 1.82) is 0 Å². The van der Waals surface area contributed by atoms with Crippen molar-refractivity contribution in [1.82, 2.24) is 0 Å². The summed E-state index contributed by atoms with van der Waals surface area (Å²) in [6.45, 7) is 7.54. The van der Waals surface area contributed by atoms with Crippen LogP contribution in [0, 0.1) is 29.6 Å². The zero-order valence-electron chi connectivity index (χ0n) is 23.4. The van der Waals surface area contributed by atoms with E-state index in [1.807, 2.05) is 18.2 Å². The number of amides is 4. The number of phenols is 1. The summed E-state index contributed by atoms with van der Waals surface area (Å²) in [5, 5.41) is 11.0. The Bertz CT molecular complexity index is 1740. The van der Waals surface area contributed by atoms with Crippen LogP contribution in [-0.4, -0.2) is 28.7 Å². The first-order chi connectivity index (χ1) is 20.8. The number of carbonyl (C=O) groups excluding carboxylic acids is 4. The van der Waals surface area contributed by atoms with Crippen LogP contribution < -0.4 is 9.80 Å². The Kier molecular flexibility index (Phi) is 6.27. The highest BCUT2D eigenvalue weighted by Crippen LogP contribution is 2.59. The van der Waals surface area contributed by atoms with Crippen molar-refractivity contribution in [3.05, 3.63) is 114 Å². The maximum atomic E-state index is 14.1. The number of rotatable bonds is 5. The molecule has 3 aromatic carbocycles. The molecule has 6 atom stereocenters. The first kappa shape index (κ1) is 26.8. The highest BCUT2D eigenvalue weighted by atomic mass is 16.3. The van der Waals surface area contributed by atoms with Crippen molar-refractivity contribution >= 4 is 47.2 Å². The van der Waals surface area contributed by atoms with Gasteiger partial charge in [-0.2, -0.15) is 0 Å². The van der Waals surface area contributed by atoms with Gasteiger partial charge in [0.25, 0.3) is 0 Å². The molecular formula is C36H30N2O5. The summed E-state index contributed by atoms with van der Waals surface area (Å²) in [6, 6.07) is 21.1. The van der Waals surface area contributed by atoms with E-state index in [0.29, 0.717) is 23.4 Å². The Morgan fingerprint density at radius 3 is 1.74 bits per heavy atom. The second kappa shape index (κ2) is 10.1. The molecule has 2 saturated heterocycles. The van der Waals surface area contributed by atoms with Crippen LogP contribution in [0.15, 0.2) is 97.6 Å². The smallest absolute Gasteiger partial charge is 0.238 e. The number of allylic oxidation sites excluding steroid dienone is 2. The molecule has 0 radical (unpaired) electrons. The van der Waals surface area contributed by atoms with Crippen LogP contribution in [0.4, 0.5) is 11.4 Å². The van der Waals surface area contributed by atoms with E-state index in [9.17, 15) is 24.3 Å². The zero-order chi connectivity index (χ0) is 30.0. The fourth-order valence-electron chi connectivity index (χ4n) is 7.72. The van der Waals surface area contributed by atoms with Crippen LogP contribution in [0.2, 0.25) is 0 Å². The van der Waals surface area contributed by atoms with Gasteiger partial charge < -0.3 is 5.11 Å². The molecule has 2 aliphatic carbocycles. The number of hydrogen-bond acceptors (Lipinski definition) is 5. The number of imide groups is 2. The Labute approximate surface area is 249 Å². The molecule has 3 aromatic rings. The molecule has 0 aromatic heterocycles. The standard InChI is InChI=1S/C36H30N2O5/c1-3-20-9-13-22(14-10-20)37-33(40)26-18-17-24-27(31(26)35(37)42)19-28-32(30(24)25-7-5-6-8-29(25)39)36(43)38(34(28)41)23-15-11-21(4-2)12-16-23/h3-17,26-28,30-32,39H,1-2,18-19H2. The average molecular weight is 571 g/mol. The van der Waals surface area contributed by atoms with Crippen LogP contribution in [0.25, 0.3) is 12.2 Å². The molecule has 7 rings (SSSR count). The molecule has 2 aliphatic heterocycles. The first-order valence-corrected chi connectivity index (χ1v) is 14.5. The van der Waals surface area contributed by atoms with Gasteiger partial charge >= 0.3 is 0 Å². The average Bonchev–Trinajstić information content (AvgIpc) is 3.44. The third kappa shape index (κ3) is 3.95. The topological polar surface area (TPSA) is 95.0 Å². The minimum absolute atomic E-state index is 0.0294. The highest BCUT2D eigenvalue weighted by Gasteiger charge is 2.62. The third-order valence-electron chi connectivity index (χ3n) is 9.69. The highest BCUT2D eigenvalue weighted by molar-refractivity contribution is 6.24. The van der Waals surface area contributed by atoms with Crippen LogP contribution in [0.5, 0.6) is 5.75 Å². The molecule has 6 unspecified atom stereocenters. The summed E-state index contributed by atoms with van der Waals surface area (Å²) in [5.74, 6) is -4.87. The van der Waals surface area contributed by atoms with E-state index in [0.717, 1.165) is 16.7 Å². The Morgan fingerprint density at radius 1 is 0.651 bits per heavy atom. The molecular weight excluding hydrogens is 540 g/mol. The maximum absolute atomic E-state index is 14.1. The van der Waals surface area contributed by atoms with Gasteiger partial charge in [-0.05, 0) is 60.2 Å². The lowest BCUT2D eigenvalue weighted by Gasteiger charge is -2.44. The minimum Gasteiger partial charge on any atom is -0.508 e. The molecule has 7 nitrogen and oxygen atoms in total. The number of anilines is 2. The predicted molar refractivity (Wildman–Crippen MR) is 164 cm³/mol. The Morgan fingerprint density at radius 2 is 1.19 bits per heavy atom. The molecule has 4 amide bonds. The Balaban J connectivity index is 1.31. The van der Waals surface area contributed by atoms with Crippen LogP contribution >= 0.6 is 0 Å². The lowest BCUT2D eigenvalue weighted by atomic mass is 9.57. The van der Waals surface area contributed by atoms with E-state index >= 15 is 0 Å². The van der Waals surface area contributed by atoms with Gasteiger partial charge in [0, 0.05) is 11.5 Å². The molecule has 43 heavy (non-hydrogen) atoms. The van der Waals surface area contributed by atoms with Crippen molar-refractivity contribution in [2.45, 2.75) is 18.8 Å². The normalized spacial score (nSPS) is 27.9. The van der Waals surface area contributed by atoms with Crippen LogP contribution in [0.3, 0.4) is 0 Å². The first-order valence-electron chi connectivity index (χ1n) is 14.5. The van der Waals surface area contributed by atoms with Crippen molar-refractivity contribution in [2.24, 2.45) is 29.6 Å². The van der Waals surface area contributed by atoms with Gasteiger partial charge in [0.05, 0.1) is 35.0 Å². The number of fused-ring (bicyclic) bond motifs is 4. The van der Waals surface area contributed by atoms with Crippen LogP contribution in [-0.2, 0) is 19.2 Å². The summed E-state index contributed by atoms with van der Waals surface area (Å²) in [5.41, 5.74) is 4.11. The summed E-state index contributed by atoms with van der Waals surface area (Å²) >= 11 is 0. The number of aromatic hydroxyl groups is 1. The fraction of sp³-hybridized carbons (Fsp3) is 0.222. The number of nitrogens with zero attached hydrogens (tertiary/aromatic N) is 2. The summed E-state index contributed by atoms with van der Waals surface area (Å²) in [4.78, 5) is 58.5. The van der Waals surface area contributed by atoms with Gasteiger partial charge in [0.15, 0.2) is 0 Å². The van der Waals surface area contributed by atoms with E-state index in [4.69, 9.17) is 0 Å². The maximum Gasteiger partial charge on any atom is 0.238 e. The van der Waals surface area contributed by atoms with Gasteiger partial charge in [-0.15, -0.1) is 0 Å². The van der Waals surface area contributed by atoms with Crippen molar-refractivity contribution in [3.63, 3.8) is 0 Å². The molecule has 0 spiro atoms. The molecule has 7 heteroatoms. The van der Waals surface area contributed by atoms with Crippen LogP contribution in [0.1, 0.15) is 35.4 Å². The van der Waals surface area contributed by atoms with E-state index in [-0.39, 0.29) is 35.8 Å². The van der Waals surface area contributed by atoms with E-state index in [1.54, 1.807) is 72.8 Å². The number of phenolic OH excluding ortho intramolecular Hbond substituents is 1. The monoisotopic (exact) mass is 570 g/mol. The van der Waals surface area contributed by atoms with Crippen molar-refractivity contribution < 1.29 is 24.3 Å². The van der Waals surface area contributed by atoms with Gasteiger partial charge in [-0.3, -0.25) is 29.0 Å². The summed E-state index contributed by atoms with van der Waals surface area (Å²) in [6.07, 6.45) is 5.99. The van der Waals surface area contributed by atoms with Gasteiger partial charge in [0.2, 0.25) is 23.6 Å². The lowest BCUT2D eigenvalue weighted by Crippen LogP contribution is -2.43. The summed E-state index contributed by atoms with van der Waals surface area (Å²) in [7, 11) is 0. The minimum atomic E-state index is -0.742. The molecule has 1 N–H and O–H groups in total. The SMILES string of the molecule is C=Cc1ccc(N2C(=O)C3CC=C4C(CC5C(=O)N(c6ccc(C=C)cc6)C(=O)C5C4c4ccccc4O)C3C2=O)cc1. The van der Waals surface area contributed by atoms with E-state index < -0.39 is 35.5 Å². The zero-order valence-corrected chi connectivity index (χ0v) is 23.4. The molecule has 3 fully saturated rings. The number of carbonyl (C=O) groups is 4. The number of benzene rings is 3. The van der Waals surface area contributed by atoms with Crippen molar-refractivity contribution in [2.75, 3.05) is 9.80 Å². The van der Waals surface area contributed by atoms with E-state index in [2.05, 4.69) is 13.2 Å². The van der Waals surface area contributed by atoms with E-state index in [1.165, 1.54) is 9.80 Å². The molecule has 214 valence electrons. The second-order valence-corrected chi connectivity index (χ2v) is 11.7. The number of para-hydroxylation sites is 1. The second-order valence-electron chi connectivity index (χ2n) is 11.7. The fourth-order valence-corrected chi connectivity index (χ4v) is 7.72. The molecule has 4 aliphatic rings. The summed E-state index contributed by atoms with van der Waals surface area (Å²) < 4.78 is 0. The largest absolute Gasteiger partial charge is 0.508 e. The lowest BCUT2D eigenvalue weighted by molar-refractivity contribution is -0.126. The molecule has 2 heterocycles. The molecule has 1 saturated carbocycles.